The van der Waals surface area contributed by atoms with Crippen molar-refractivity contribution in [3.63, 3.8) is 0 Å². The van der Waals surface area contributed by atoms with E-state index in [1.54, 1.807) is 6.07 Å². The molecule has 1 aromatic carbocycles. The number of rotatable bonds is 6. The zero-order valence-corrected chi connectivity index (χ0v) is 11.8. The van der Waals surface area contributed by atoms with E-state index in [0.717, 1.165) is 19.4 Å². The lowest BCUT2D eigenvalue weighted by atomic mass is 10.0. The van der Waals surface area contributed by atoms with Crippen LogP contribution in [0.15, 0.2) is 18.2 Å². The minimum atomic E-state index is -2.24. The van der Waals surface area contributed by atoms with Gasteiger partial charge in [-0.1, -0.05) is 13.0 Å². The third-order valence-electron chi connectivity index (χ3n) is 2.66. The van der Waals surface area contributed by atoms with E-state index in [2.05, 4.69) is 10.6 Å². The van der Waals surface area contributed by atoms with E-state index in [1.165, 1.54) is 12.1 Å². The van der Waals surface area contributed by atoms with Gasteiger partial charge in [0.1, 0.15) is 5.75 Å². The summed E-state index contributed by atoms with van der Waals surface area (Å²) >= 11 is 0. The summed E-state index contributed by atoms with van der Waals surface area (Å²) in [5, 5.41) is 52.2. The SMILES string of the molecule is CCc1ccc(O)cc1C(NC(C)(O)O)NC(C)(O)O. The lowest BCUT2D eigenvalue weighted by Gasteiger charge is -2.32. The molecule has 0 bridgehead atoms. The fourth-order valence-electron chi connectivity index (χ4n) is 1.91. The first-order valence-corrected chi connectivity index (χ1v) is 6.28. The van der Waals surface area contributed by atoms with Crippen LogP contribution < -0.4 is 10.6 Å². The molecular formula is C13H22N2O5. The molecule has 0 aliphatic heterocycles. The van der Waals surface area contributed by atoms with Crippen LogP contribution in [0.4, 0.5) is 0 Å². The van der Waals surface area contributed by atoms with Gasteiger partial charge in [-0.15, -0.1) is 0 Å². The molecule has 0 atom stereocenters. The maximum absolute atomic E-state index is 9.57. The number of nitrogens with one attached hydrogen (secondary N) is 2. The molecular weight excluding hydrogens is 264 g/mol. The predicted octanol–water partition coefficient (Wildman–Crippen LogP) is -0.551. The quantitative estimate of drug-likeness (QED) is 0.350. The van der Waals surface area contributed by atoms with Gasteiger partial charge >= 0.3 is 0 Å². The molecule has 1 rings (SSSR count). The molecule has 114 valence electrons. The van der Waals surface area contributed by atoms with E-state index in [0.29, 0.717) is 12.0 Å². The minimum absolute atomic E-state index is 0.0130. The van der Waals surface area contributed by atoms with Gasteiger partial charge in [0.15, 0.2) is 0 Å². The summed E-state index contributed by atoms with van der Waals surface area (Å²) in [7, 11) is 0. The molecule has 7 heteroatoms. The maximum atomic E-state index is 9.57. The van der Waals surface area contributed by atoms with Gasteiger partial charge in [0, 0.05) is 13.8 Å². The first kappa shape index (κ1) is 16.8. The van der Waals surface area contributed by atoms with Crippen molar-refractivity contribution in [2.45, 2.75) is 45.2 Å². The van der Waals surface area contributed by atoms with E-state index in [4.69, 9.17) is 0 Å². The van der Waals surface area contributed by atoms with E-state index in [-0.39, 0.29) is 5.75 Å². The van der Waals surface area contributed by atoms with Crippen molar-refractivity contribution in [1.29, 1.82) is 0 Å². The normalized spacial score (nSPS) is 13.0. The topological polar surface area (TPSA) is 125 Å². The summed E-state index contributed by atoms with van der Waals surface area (Å²) in [6.45, 7) is 4.09. The van der Waals surface area contributed by atoms with Crippen LogP contribution in [0.1, 0.15) is 38.1 Å². The summed E-state index contributed by atoms with van der Waals surface area (Å²) in [5.74, 6) is -4.49. The van der Waals surface area contributed by atoms with Crippen LogP contribution in [-0.2, 0) is 6.42 Å². The molecule has 0 unspecified atom stereocenters. The van der Waals surface area contributed by atoms with Gasteiger partial charge in [0.05, 0.1) is 6.17 Å². The summed E-state index contributed by atoms with van der Waals surface area (Å²) < 4.78 is 0. The summed E-state index contributed by atoms with van der Waals surface area (Å²) in [6, 6.07) is 4.60. The molecule has 7 N–H and O–H groups in total. The second-order valence-corrected chi connectivity index (χ2v) is 5.00. The molecule has 0 radical (unpaired) electrons. The molecule has 1 aromatic rings. The molecule has 0 heterocycles. The number of hydrogen-bond donors (Lipinski definition) is 7. The van der Waals surface area contributed by atoms with Crippen molar-refractivity contribution < 1.29 is 25.5 Å². The van der Waals surface area contributed by atoms with Gasteiger partial charge in [0.25, 0.3) is 0 Å². The van der Waals surface area contributed by atoms with E-state index in [1.807, 2.05) is 6.92 Å². The van der Waals surface area contributed by atoms with Crippen LogP contribution in [0, 0.1) is 0 Å². The van der Waals surface area contributed by atoms with Gasteiger partial charge in [-0.25, -0.2) is 10.6 Å². The van der Waals surface area contributed by atoms with Gasteiger partial charge in [-0.3, -0.25) is 0 Å². The third kappa shape index (κ3) is 5.41. The van der Waals surface area contributed by atoms with Crippen molar-refractivity contribution in [1.82, 2.24) is 10.6 Å². The molecule has 0 saturated carbocycles. The molecule has 0 fully saturated rings. The average Bonchev–Trinajstić information content (AvgIpc) is 2.24. The number of aromatic hydroxyl groups is 1. The molecule has 20 heavy (non-hydrogen) atoms. The second kappa shape index (κ2) is 6.04. The zero-order chi connectivity index (χ0) is 15.6. The van der Waals surface area contributed by atoms with Crippen LogP contribution in [0.3, 0.4) is 0 Å². The largest absolute Gasteiger partial charge is 0.508 e. The van der Waals surface area contributed by atoms with Crippen molar-refractivity contribution in [3.8, 4) is 5.75 Å². The zero-order valence-electron chi connectivity index (χ0n) is 11.8. The standard InChI is InChI=1S/C13H22N2O5/c1-4-8-5-6-9(16)7-10(8)11(14-12(2,17)18)15-13(3,19)20/h5-7,11,14-20H,4H2,1-3H3. The van der Waals surface area contributed by atoms with Crippen LogP contribution in [0.25, 0.3) is 0 Å². The minimum Gasteiger partial charge on any atom is -0.508 e. The van der Waals surface area contributed by atoms with Crippen LogP contribution in [-0.4, -0.2) is 37.4 Å². The Bertz CT molecular complexity index is 435. The summed E-state index contributed by atoms with van der Waals surface area (Å²) in [6.07, 6.45) is -0.367. The van der Waals surface area contributed by atoms with Crippen molar-refractivity contribution in [2.75, 3.05) is 0 Å². The van der Waals surface area contributed by atoms with E-state index < -0.39 is 18.0 Å². The monoisotopic (exact) mass is 286 g/mol. The summed E-state index contributed by atoms with van der Waals surface area (Å²) in [5.41, 5.74) is 1.29. The Morgan fingerprint density at radius 1 is 1.05 bits per heavy atom. The van der Waals surface area contributed by atoms with Crippen molar-refractivity contribution in [2.24, 2.45) is 0 Å². The lowest BCUT2D eigenvalue weighted by molar-refractivity contribution is -0.206. The number of phenolic OH excluding ortho intramolecular Hbond substituents is 1. The summed E-state index contributed by atoms with van der Waals surface area (Å²) in [4.78, 5) is 0. The third-order valence-corrected chi connectivity index (χ3v) is 2.66. The number of aryl methyl sites for hydroxylation is 1. The Morgan fingerprint density at radius 2 is 1.55 bits per heavy atom. The van der Waals surface area contributed by atoms with Crippen molar-refractivity contribution >= 4 is 0 Å². The van der Waals surface area contributed by atoms with Crippen molar-refractivity contribution in [3.05, 3.63) is 29.3 Å². The molecule has 7 nitrogen and oxygen atoms in total. The highest BCUT2D eigenvalue weighted by Gasteiger charge is 2.29. The van der Waals surface area contributed by atoms with Gasteiger partial charge in [-0.2, -0.15) is 0 Å². The van der Waals surface area contributed by atoms with Gasteiger partial charge < -0.3 is 25.5 Å². The first-order valence-electron chi connectivity index (χ1n) is 6.28. The fourth-order valence-corrected chi connectivity index (χ4v) is 1.91. The van der Waals surface area contributed by atoms with E-state index in [9.17, 15) is 25.5 Å². The lowest BCUT2D eigenvalue weighted by Crippen LogP contribution is -2.55. The molecule has 0 spiro atoms. The molecule has 0 aliphatic rings. The molecule has 0 aliphatic carbocycles. The Kier molecular flexibility index (Phi) is 5.09. The number of hydrogen-bond acceptors (Lipinski definition) is 7. The average molecular weight is 286 g/mol. The second-order valence-electron chi connectivity index (χ2n) is 5.00. The fraction of sp³-hybridized carbons (Fsp3) is 0.538. The Balaban J connectivity index is 3.18. The highest BCUT2D eigenvalue weighted by molar-refractivity contribution is 5.37. The van der Waals surface area contributed by atoms with Crippen LogP contribution in [0.5, 0.6) is 5.75 Å². The smallest absolute Gasteiger partial charge is 0.220 e. The van der Waals surface area contributed by atoms with Crippen LogP contribution >= 0.6 is 0 Å². The number of aliphatic hydroxyl groups is 4. The van der Waals surface area contributed by atoms with E-state index >= 15 is 0 Å². The highest BCUT2D eigenvalue weighted by Crippen LogP contribution is 2.24. The number of phenols is 1. The number of benzene rings is 1. The molecule has 0 aromatic heterocycles. The Hall–Kier alpha value is -1.22. The van der Waals surface area contributed by atoms with Gasteiger partial charge in [0.2, 0.25) is 11.8 Å². The van der Waals surface area contributed by atoms with Crippen LogP contribution in [0.2, 0.25) is 0 Å². The highest BCUT2D eigenvalue weighted by atomic mass is 16.5. The molecule has 0 amide bonds. The Labute approximate surface area is 117 Å². The molecule has 0 saturated heterocycles. The predicted molar refractivity (Wildman–Crippen MR) is 72.2 cm³/mol. The first-order chi connectivity index (χ1) is 9.02. The Morgan fingerprint density at radius 3 is 1.95 bits per heavy atom. The van der Waals surface area contributed by atoms with Gasteiger partial charge in [-0.05, 0) is 29.7 Å². The maximum Gasteiger partial charge on any atom is 0.220 e.